The van der Waals surface area contributed by atoms with E-state index in [0.29, 0.717) is 0 Å². The van der Waals surface area contributed by atoms with Gasteiger partial charge in [-0.2, -0.15) is 8.42 Å². The summed E-state index contributed by atoms with van der Waals surface area (Å²) in [4.78, 5) is -1.01. The van der Waals surface area contributed by atoms with Gasteiger partial charge in [-0.15, -0.1) is 3.89 Å². The third kappa shape index (κ3) is 3.14. The van der Waals surface area contributed by atoms with Crippen LogP contribution in [0.2, 0.25) is 0 Å². The lowest BCUT2D eigenvalue weighted by Gasteiger charge is -2.05. The quantitative estimate of drug-likeness (QED) is 0.588. The summed E-state index contributed by atoms with van der Waals surface area (Å²) in [5.74, 6) is -1.15. The molecule has 0 N–H and O–H groups in total. The Kier molecular flexibility index (Phi) is 3.59. The van der Waals surface area contributed by atoms with Crippen LogP contribution in [-0.2, 0) is 15.0 Å². The summed E-state index contributed by atoms with van der Waals surface area (Å²) in [6.45, 7) is -0.110. The predicted octanol–water partition coefficient (Wildman–Crippen LogP) is 1.47. The second kappa shape index (κ2) is 4.54. The van der Waals surface area contributed by atoms with Crippen LogP contribution in [0.3, 0.4) is 0 Å². The highest BCUT2D eigenvalue weighted by molar-refractivity contribution is 7.86. The minimum Gasteiger partial charge on any atom is -0.467 e. The maximum Gasteiger partial charge on any atom is 0.335 e. The van der Waals surface area contributed by atoms with Gasteiger partial charge in [0.25, 0.3) is 0 Å². The van der Waals surface area contributed by atoms with Crippen molar-refractivity contribution in [3.05, 3.63) is 24.0 Å². The van der Waals surface area contributed by atoms with Crippen LogP contribution in [-0.4, -0.2) is 22.3 Å². The van der Waals surface area contributed by atoms with Gasteiger partial charge in [-0.3, -0.25) is 0 Å². The van der Waals surface area contributed by atoms with E-state index >= 15 is 0 Å². The van der Waals surface area contributed by atoms with Crippen LogP contribution in [0.5, 0.6) is 5.75 Å². The monoisotopic (exact) mass is 238 g/mol. The number of halogens is 2. The van der Waals surface area contributed by atoms with Gasteiger partial charge in [-0.25, -0.2) is 4.39 Å². The van der Waals surface area contributed by atoms with Crippen molar-refractivity contribution >= 4 is 10.2 Å². The number of hydrogen-bond acceptors (Lipinski definition) is 4. The van der Waals surface area contributed by atoms with E-state index in [0.717, 1.165) is 18.2 Å². The van der Waals surface area contributed by atoms with Crippen molar-refractivity contribution in [2.75, 3.05) is 13.9 Å². The average Bonchev–Trinajstić information content (AvgIpc) is 2.12. The summed E-state index contributed by atoms with van der Waals surface area (Å²) in [7, 11) is -3.66. The largest absolute Gasteiger partial charge is 0.467 e. The molecule has 0 aliphatic carbocycles. The number of ether oxygens (including phenoxy) is 2. The fourth-order valence-corrected chi connectivity index (χ4v) is 1.42. The van der Waals surface area contributed by atoms with E-state index in [1.54, 1.807) is 0 Å². The van der Waals surface area contributed by atoms with Crippen molar-refractivity contribution in [2.24, 2.45) is 0 Å². The Morgan fingerprint density at radius 2 is 2.07 bits per heavy atom. The van der Waals surface area contributed by atoms with Gasteiger partial charge < -0.3 is 9.47 Å². The molecule has 0 heterocycles. The first-order valence-corrected chi connectivity index (χ1v) is 5.19. The zero-order valence-electron chi connectivity index (χ0n) is 7.74. The summed E-state index contributed by atoms with van der Waals surface area (Å²) in [5, 5.41) is 0. The molecule has 0 fully saturated rings. The highest BCUT2D eigenvalue weighted by Crippen LogP contribution is 2.21. The first-order valence-electron chi connectivity index (χ1n) is 3.81. The third-order valence-corrected chi connectivity index (χ3v) is 2.37. The molecule has 7 heteroatoms. The second-order valence-electron chi connectivity index (χ2n) is 2.58. The summed E-state index contributed by atoms with van der Waals surface area (Å²) in [6.07, 6.45) is 0. The molecule has 1 rings (SSSR count). The number of methoxy groups -OCH3 is 1. The van der Waals surface area contributed by atoms with Crippen molar-refractivity contribution in [3.8, 4) is 5.75 Å². The molecule has 15 heavy (non-hydrogen) atoms. The minimum atomic E-state index is -5.03. The molecule has 0 saturated heterocycles. The van der Waals surface area contributed by atoms with E-state index in [1.165, 1.54) is 7.11 Å². The molecule has 4 nitrogen and oxygen atoms in total. The fourth-order valence-electron chi connectivity index (χ4n) is 0.896. The molecule has 0 bridgehead atoms. The van der Waals surface area contributed by atoms with Gasteiger partial charge in [0, 0.05) is 13.2 Å². The van der Waals surface area contributed by atoms with Crippen molar-refractivity contribution in [1.82, 2.24) is 0 Å². The standard InChI is InChI=1S/C8H8F2O4S/c1-13-5-14-6-2-3-8(7(9)4-6)15(10,11)12/h2-4H,5H2,1H3. The van der Waals surface area contributed by atoms with Crippen LogP contribution < -0.4 is 4.74 Å². The third-order valence-electron chi connectivity index (χ3n) is 1.51. The molecule has 1 aromatic rings. The maximum absolute atomic E-state index is 13.0. The van der Waals surface area contributed by atoms with Gasteiger partial charge in [0.05, 0.1) is 0 Å². The van der Waals surface area contributed by atoms with E-state index in [4.69, 9.17) is 4.74 Å². The van der Waals surface area contributed by atoms with Gasteiger partial charge in [-0.05, 0) is 12.1 Å². The molecule has 0 radical (unpaired) electrons. The lowest BCUT2D eigenvalue weighted by molar-refractivity contribution is 0.0508. The van der Waals surface area contributed by atoms with E-state index in [9.17, 15) is 16.7 Å². The van der Waals surface area contributed by atoms with Crippen LogP contribution in [0.25, 0.3) is 0 Å². The molecular formula is C8H8F2O4S. The van der Waals surface area contributed by atoms with Crippen LogP contribution in [0.4, 0.5) is 8.28 Å². The van der Waals surface area contributed by atoms with Crippen molar-refractivity contribution in [1.29, 1.82) is 0 Å². The number of hydrogen-bond donors (Lipinski definition) is 0. The highest BCUT2D eigenvalue weighted by Gasteiger charge is 2.18. The SMILES string of the molecule is COCOc1ccc(S(=O)(=O)F)c(F)c1. The van der Waals surface area contributed by atoms with E-state index in [2.05, 4.69) is 4.74 Å². The number of rotatable bonds is 4. The summed E-state index contributed by atoms with van der Waals surface area (Å²) in [6, 6.07) is 2.69. The molecule has 0 atom stereocenters. The van der Waals surface area contributed by atoms with E-state index in [-0.39, 0.29) is 12.5 Å². The van der Waals surface area contributed by atoms with Crippen molar-refractivity contribution in [3.63, 3.8) is 0 Å². The Labute approximate surface area is 85.6 Å². The summed E-state index contributed by atoms with van der Waals surface area (Å²) in [5.41, 5.74) is 0. The zero-order chi connectivity index (χ0) is 11.5. The van der Waals surface area contributed by atoms with E-state index in [1.807, 2.05) is 0 Å². The first-order chi connectivity index (χ1) is 6.95. The van der Waals surface area contributed by atoms with Gasteiger partial charge in [-0.1, -0.05) is 0 Å². The fraction of sp³-hybridized carbons (Fsp3) is 0.250. The Morgan fingerprint density at radius 1 is 1.40 bits per heavy atom. The van der Waals surface area contributed by atoms with Crippen molar-refractivity contribution in [2.45, 2.75) is 4.90 Å². The molecule has 0 aromatic heterocycles. The maximum atomic E-state index is 13.0. The molecule has 84 valence electrons. The van der Waals surface area contributed by atoms with Crippen LogP contribution in [0, 0.1) is 5.82 Å². The molecule has 0 spiro atoms. The van der Waals surface area contributed by atoms with Crippen molar-refractivity contribution < 1.29 is 26.2 Å². The van der Waals surface area contributed by atoms with Gasteiger partial charge in [0.1, 0.15) is 16.5 Å². The molecule has 0 unspecified atom stereocenters. The Bertz CT molecular complexity index is 444. The normalized spacial score (nSPS) is 11.4. The van der Waals surface area contributed by atoms with Gasteiger partial charge in [0.2, 0.25) is 0 Å². The highest BCUT2D eigenvalue weighted by atomic mass is 32.3. The molecule has 0 aliphatic rings. The first kappa shape index (κ1) is 11.9. The topological polar surface area (TPSA) is 52.6 Å². The molecule has 0 saturated carbocycles. The van der Waals surface area contributed by atoms with Crippen LogP contribution in [0.15, 0.2) is 23.1 Å². The summed E-state index contributed by atoms with van der Waals surface area (Å²) >= 11 is 0. The lowest BCUT2D eigenvalue weighted by Crippen LogP contribution is -2.01. The molecule has 1 aromatic carbocycles. The van der Waals surface area contributed by atoms with E-state index < -0.39 is 20.9 Å². The van der Waals surface area contributed by atoms with Gasteiger partial charge in [0.15, 0.2) is 6.79 Å². The summed E-state index contributed by atoms with van der Waals surface area (Å²) < 4.78 is 55.6. The predicted molar refractivity (Wildman–Crippen MR) is 47.2 cm³/mol. The number of benzene rings is 1. The molecule has 0 amide bonds. The van der Waals surface area contributed by atoms with Crippen LogP contribution >= 0.6 is 0 Å². The molecular weight excluding hydrogens is 230 g/mol. The smallest absolute Gasteiger partial charge is 0.335 e. The minimum absolute atomic E-state index is 0.0572. The lowest BCUT2D eigenvalue weighted by atomic mass is 10.3. The Balaban J connectivity index is 2.99. The van der Waals surface area contributed by atoms with Gasteiger partial charge >= 0.3 is 10.2 Å². The Hall–Kier alpha value is -1.21. The second-order valence-corrected chi connectivity index (χ2v) is 3.90. The average molecular weight is 238 g/mol. The Morgan fingerprint density at radius 3 is 2.53 bits per heavy atom. The van der Waals surface area contributed by atoms with Crippen LogP contribution in [0.1, 0.15) is 0 Å². The zero-order valence-corrected chi connectivity index (χ0v) is 8.55. The molecule has 0 aliphatic heterocycles.